The van der Waals surface area contributed by atoms with E-state index in [-0.39, 0.29) is 0 Å². The van der Waals surface area contributed by atoms with Crippen LogP contribution in [0.3, 0.4) is 0 Å². The van der Waals surface area contributed by atoms with Crippen molar-refractivity contribution in [2.45, 2.75) is 110 Å². The van der Waals surface area contributed by atoms with Crippen LogP contribution >= 0.6 is 0 Å². The third-order valence-electron chi connectivity index (χ3n) is 8.60. The SMILES string of the molecule is CCCCCCCC/C=C\CCCC(CCCC/C=C(\C#N)c1c[nH]c2c(C)cccc12)c1nccc2ccccc12. The number of rotatable bonds is 18. The van der Waals surface area contributed by atoms with E-state index in [2.05, 4.69) is 91.7 Å². The Hall–Kier alpha value is -3.64. The molecule has 1 unspecified atom stereocenters. The number of allylic oxidation sites excluding steroid dienone is 4. The number of nitriles is 1. The van der Waals surface area contributed by atoms with Crippen LogP contribution in [0.2, 0.25) is 0 Å². The van der Waals surface area contributed by atoms with Crippen molar-refractivity contribution in [2.75, 3.05) is 0 Å². The number of H-pyrrole nitrogens is 1. The average Bonchev–Trinajstić information content (AvgIpc) is 3.45. The zero-order valence-electron chi connectivity index (χ0n) is 25.9. The van der Waals surface area contributed by atoms with Crippen molar-refractivity contribution in [2.24, 2.45) is 0 Å². The van der Waals surface area contributed by atoms with Crippen molar-refractivity contribution in [3.05, 3.63) is 96.0 Å². The molecular formula is C39H49N3. The first kappa shape index (κ1) is 31.3. The first-order valence-electron chi connectivity index (χ1n) is 16.4. The minimum atomic E-state index is 0.457. The predicted octanol–water partition coefficient (Wildman–Crippen LogP) is 11.8. The number of hydrogen-bond donors (Lipinski definition) is 1. The van der Waals surface area contributed by atoms with Gasteiger partial charge in [-0.15, -0.1) is 0 Å². The molecule has 0 fully saturated rings. The molecule has 4 aromatic rings. The number of aromatic amines is 1. The summed E-state index contributed by atoms with van der Waals surface area (Å²) < 4.78 is 0. The molecule has 220 valence electrons. The van der Waals surface area contributed by atoms with Crippen LogP contribution in [0.5, 0.6) is 0 Å². The molecule has 0 bridgehead atoms. The summed E-state index contributed by atoms with van der Waals surface area (Å²) in [5.41, 5.74) is 5.37. The molecule has 0 aliphatic carbocycles. The number of aromatic nitrogens is 2. The van der Waals surface area contributed by atoms with Gasteiger partial charge in [-0.1, -0.05) is 106 Å². The summed E-state index contributed by atoms with van der Waals surface area (Å²) in [7, 11) is 0. The number of nitrogens with zero attached hydrogens (tertiary/aromatic N) is 2. The van der Waals surface area contributed by atoms with Crippen molar-refractivity contribution in [3.8, 4) is 6.07 Å². The summed E-state index contributed by atoms with van der Waals surface area (Å²) in [6.07, 6.45) is 28.0. The highest BCUT2D eigenvalue weighted by molar-refractivity contribution is 5.97. The molecule has 0 radical (unpaired) electrons. The van der Waals surface area contributed by atoms with Gasteiger partial charge in [-0.3, -0.25) is 4.98 Å². The lowest BCUT2D eigenvalue weighted by atomic mass is 9.89. The molecule has 3 heteroatoms. The first-order chi connectivity index (χ1) is 20.7. The van der Waals surface area contributed by atoms with Crippen LogP contribution in [-0.4, -0.2) is 9.97 Å². The van der Waals surface area contributed by atoms with Gasteiger partial charge in [0.2, 0.25) is 0 Å². The Labute approximate surface area is 253 Å². The Balaban J connectivity index is 1.31. The van der Waals surface area contributed by atoms with Gasteiger partial charge < -0.3 is 4.98 Å². The number of para-hydroxylation sites is 1. The van der Waals surface area contributed by atoms with Crippen LogP contribution in [-0.2, 0) is 0 Å². The number of aryl methyl sites for hydroxylation is 1. The average molecular weight is 560 g/mol. The number of unbranched alkanes of at least 4 members (excludes halogenated alkanes) is 9. The van der Waals surface area contributed by atoms with E-state index in [0.717, 1.165) is 60.6 Å². The molecule has 42 heavy (non-hydrogen) atoms. The van der Waals surface area contributed by atoms with Crippen LogP contribution in [0.25, 0.3) is 27.2 Å². The highest BCUT2D eigenvalue weighted by Gasteiger charge is 2.16. The van der Waals surface area contributed by atoms with Gasteiger partial charge in [0.1, 0.15) is 0 Å². The van der Waals surface area contributed by atoms with Gasteiger partial charge in [0, 0.05) is 40.2 Å². The Kier molecular flexibility index (Phi) is 12.9. The maximum atomic E-state index is 9.91. The van der Waals surface area contributed by atoms with E-state index in [1.807, 2.05) is 12.4 Å². The minimum absolute atomic E-state index is 0.457. The summed E-state index contributed by atoms with van der Waals surface area (Å²) >= 11 is 0. The number of fused-ring (bicyclic) bond motifs is 2. The number of hydrogen-bond acceptors (Lipinski definition) is 2. The van der Waals surface area contributed by atoms with E-state index in [9.17, 15) is 5.26 Å². The molecule has 3 nitrogen and oxygen atoms in total. The molecule has 2 aromatic carbocycles. The zero-order chi connectivity index (χ0) is 29.4. The monoisotopic (exact) mass is 559 g/mol. The second kappa shape index (κ2) is 17.3. The van der Waals surface area contributed by atoms with Crippen molar-refractivity contribution < 1.29 is 0 Å². The standard InChI is InChI=1S/C39H49N3/c1-3-4-5-6-7-8-9-10-11-12-14-22-33(39-35-25-18-17-21-32(35)27-28-41-39)23-15-13-16-24-34(29-40)37-30-42-38-31(2)20-19-26-36(37)38/h10-11,17-21,24-28,30,33,42H,3-9,12-16,22-23H2,1-2H3/b11-10-,34-24+. The van der Waals surface area contributed by atoms with Crippen molar-refractivity contribution in [1.29, 1.82) is 5.26 Å². The molecule has 2 heterocycles. The first-order valence-corrected chi connectivity index (χ1v) is 16.4. The van der Waals surface area contributed by atoms with E-state index in [1.54, 1.807) is 0 Å². The second-order valence-corrected chi connectivity index (χ2v) is 11.8. The highest BCUT2D eigenvalue weighted by Crippen LogP contribution is 2.32. The van der Waals surface area contributed by atoms with Crippen LogP contribution in [0.15, 0.2) is 79.2 Å². The summed E-state index contributed by atoms with van der Waals surface area (Å²) in [6, 6.07) is 19.5. The molecule has 0 aliphatic heterocycles. The van der Waals surface area contributed by atoms with Gasteiger partial charge in [-0.05, 0) is 75.3 Å². The number of pyridine rings is 1. The van der Waals surface area contributed by atoms with Gasteiger partial charge in [0.15, 0.2) is 0 Å². The van der Waals surface area contributed by atoms with Gasteiger partial charge in [0.25, 0.3) is 0 Å². The molecule has 4 rings (SSSR count). The van der Waals surface area contributed by atoms with E-state index in [1.165, 1.54) is 73.4 Å². The topological polar surface area (TPSA) is 52.5 Å². The maximum Gasteiger partial charge on any atom is 0.0995 e. The quantitative estimate of drug-likeness (QED) is 0.0748. The smallest absolute Gasteiger partial charge is 0.0995 e. The number of benzene rings is 2. The fourth-order valence-corrected chi connectivity index (χ4v) is 6.17. The van der Waals surface area contributed by atoms with E-state index in [0.29, 0.717) is 5.92 Å². The molecule has 0 saturated heterocycles. The molecular weight excluding hydrogens is 510 g/mol. The lowest BCUT2D eigenvalue weighted by molar-refractivity contribution is 0.518. The minimum Gasteiger partial charge on any atom is -0.360 e. The van der Waals surface area contributed by atoms with Crippen molar-refractivity contribution in [1.82, 2.24) is 9.97 Å². The van der Waals surface area contributed by atoms with E-state index in [4.69, 9.17) is 4.98 Å². The normalized spacial score (nSPS) is 12.8. The molecule has 2 aromatic heterocycles. The van der Waals surface area contributed by atoms with Crippen molar-refractivity contribution in [3.63, 3.8) is 0 Å². The highest BCUT2D eigenvalue weighted by atomic mass is 14.7. The Morgan fingerprint density at radius 3 is 2.43 bits per heavy atom. The summed E-state index contributed by atoms with van der Waals surface area (Å²) in [4.78, 5) is 8.28. The molecule has 0 aliphatic rings. The zero-order valence-corrected chi connectivity index (χ0v) is 25.9. The maximum absolute atomic E-state index is 9.91. The van der Waals surface area contributed by atoms with E-state index >= 15 is 0 Å². The number of nitrogens with one attached hydrogen (secondary N) is 1. The summed E-state index contributed by atoms with van der Waals surface area (Å²) in [6.45, 7) is 4.38. The van der Waals surface area contributed by atoms with Crippen LogP contribution in [0.1, 0.15) is 120 Å². The summed E-state index contributed by atoms with van der Waals surface area (Å²) in [5, 5.41) is 13.6. The van der Waals surface area contributed by atoms with E-state index < -0.39 is 0 Å². The molecule has 1 atom stereocenters. The predicted molar refractivity (Wildman–Crippen MR) is 181 cm³/mol. The summed E-state index contributed by atoms with van der Waals surface area (Å²) in [5.74, 6) is 0.457. The fraction of sp³-hybridized carbons (Fsp3) is 0.436. The fourth-order valence-electron chi connectivity index (χ4n) is 6.17. The van der Waals surface area contributed by atoms with Crippen LogP contribution < -0.4 is 0 Å². The Morgan fingerprint density at radius 2 is 1.57 bits per heavy atom. The third-order valence-corrected chi connectivity index (χ3v) is 8.60. The molecule has 1 N–H and O–H groups in total. The molecule has 0 amide bonds. The van der Waals surface area contributed by atoms with Gasteiger partial charge in [0.05, 0.1) is 17.3 Å². The van der Waals surface area contributed by atoms with Crippen LogP contribution in [0.4, 0.5) is 0 Å². The van der Waals surface area contributed by atoms with Gasteiger partial charge in [-0.25, -0.2) is 0 Å². The Morgan fingerprint density at radius 1 is 0.833 bits per heavy atom. The second-order valence-electron chi connectivity index (χ2n) is 11.8. The lowest BCUT2D eigenvalue weighted by Gasteiger charge is -2.18. The molecule has 0 saturated carbocycles. The Bertz CT molecular complexity index is 1480. The van der Waals surface area contributed by atoms with Crippen molar-refractivity contribution >= 4 is 27.2 Å². The molecule has 0 spiro atoms. The van der Waals surface area contributed by atoms with Gasteiger partial charge >= 0.3 is 0 Å². The largest absolute Gasteiger partial charge is 0.360 e. The lowest BCUT2D eigenvalue weighted by Crippen LogP contribution is -2.03. The van der Waals surface area contributed by atoms with Crippen LogP contribution in [0, 0.1) is 18.3 Å². The third kappa shape index (κ3) is 8.93. The van der Waals surface area contributed by atoms with Gasteiger partial charge in [-0.2, -0.15) is 5.26 Å².